The van der Waals surface area contributed by atoms with Crippen LogP contribution in [0.15, 0.2) is 47.6 Å². The van der Waals surface area contributed by atoms with Crippen LogP contribution < -0.4 is 10.1 Å². The Kier molecular flexibility index (Phi) is 6.55. The zero-order valence-corrected chi connectivity index (χ0v) is 20.3. The Morgan fingerprint density at radius 3 is 2.97 bits per heavy atom. The number of nitrogens with one attached hydrogen (secondary N) is 2. The number of ether oxygens (including phenoxy) is 1. The summed E-state index contributed by atoms with van der Waals surface area (Å²) in [6, 6.07) is 13.4. The van der Waals surface area contributed by atoms with E-state index in [1.54, 1.807) is 18.2 Å². The molecule has 0 aliphatic heterocycles. The fourth-order valence-electron chi connectivity index (χ4n) is 5.60. The Morgan fingerprint density at radius 2 is 2.22 bits per heavy atom. The second kappa shape index (κ2) is 9.94. The van der Waals surface area contributed by atoms with Crippen LogP contribution in [0.25, 0.3) is 21.5 Å². The number of aromatic amines is 1. The van der Waals surface area contributed by atoms with Gasteiger partial charge in [-0.15, -0.1) is 6.42 Å². The predicted molar refractivity (Wildman–Crippen MR) is 138 cm³/mol. The highest BCUT2D eigenvalue weighted by atomic mass is 16.5. The average Bonchev–Trinajstić information content (AvgIpc) is 3.49. The lowest BCUT2D eigenvalue weighted by atomic mass is 9.89. The third kappa shape index (κ3) is 4.61. The largest absolute Gasteiger partial charge is 0.481 e. The number of carbonyl (C=O) groups excluding carboxylic acids is 1. The smallest absolute Gasteiger partial charge is 0.289 e. The first-order chi connectivity index (χ1) is 17.6. The SMILES string of the molecule is C#CCOc1ccc(CN[C@]23CCC[C@H](N(CC)C(=O)c4nc5cc(N=[N+]=[N-])ccc5[nH]4)[C@@H]2C3)cc1. The summed E-state index contributed by atoms with van der Waals surface area (Å²) < 4.78 is 5.46. The number of H-pyrrole nitrogens is 1. The first-order valence-corrected chi connectivity index (χ1v) is 12.3. The Morgan fingerprint density at radius 1 is 1.39 bits per heavy atom. The minimum Gasteiger partial charge on any atom is -0.481 e. The van der Waals surface area contributed by atoms with Crippen LogP contribution in [-0.2, 0) is 6.54 Å². The lowest BCUT2D eigenvalue weighted by Gasteiger charge is -2.36. The number of hydrogen-bond acceptors (Lipinski definition) is 5. The van der Waals surface area contributed by atoms with Crippen LogP contribution in [0.4, 0.5) is 5.69 Å². The van der Waals surface area contributed by atoms with Gasteiger partial charge in [0.2, 0.25) is 0 Å². The Bertz CT molecular complexity index is 1350. The number of nitrogens with zero attached hydrogens (tertiary/aromatic N) is 5. The average molecular weight is 484 g/mol. The van der Waals surface area contributed by atoms with Gasteiger partial charge in [0.1, 0.15) is 12.4 Å². The van der Waals surface area contributed by atoms with Gasteiger partial charge < -0.3 is 19.9 Å². The lowest BCUT2D eigenvalue weighted by Crippen LogP contribution is -2.48. The van der Waals surface area contributed by atoms with Crippen molar-refractivity contribution in [2.24, 2.45) is 11.0 Å². The summed E-state index contributed by atoms with van der Waals surface area (Å²) in [5.74, 6) is 3.90. The molecule has 1 amide bonds. The molecule has 0 saturated heterocycles. The van der Waals surface area contributed by atoms with E-state index >= 15 is 0 Å². The maximum Gasteiger partial charge on any atom is 0.289 e. The summed E-state index contributed by atoms with van der Waals surface area (Å²) in [6.45, 7) is 3.68. The Labute approximate surface area is 209 Å². The van der Waals surface area contributed by atoms with Gasteiger partial charge in [-0.05, 0) is 73.9 Å². The quantitative estimate of drug-likeness (QED) is 0.191. The molecule has 0 radical (unpaired) electrons. The molecule has 9 nitrogen and oxygen atoms in total. The van der Waals surface area contributed by atoms with E-state index in [0.717, 1.165) is 43.5 Å². The molecular formula is C27H29N7O2. The molecule has 3 atom stereocenters. The van der Waals surface area contributed by atoms with E-state index in [1.807, 2.05) is 24.0 Å². The zero-order chi connectivity index (χ0) is 25.1. The molecule has 0 spiro atoms. The number of amides is 1. The lowest BCUT2D eigenvalue weighted by molar-refractivity contribution is 0.0602. The summed E-state index contributed by atoms with van der Waals surface area (Å²) >= 11 is 0. The fourth-order valence-corrected chi connectivity index (χ4v) is 5.60. The molecular weight excluding hydrogens is 454 g/mol. The van der Waals surface area contributed by atoms with E-state index in [-0.39, 0.29) is 24.1 Å². The molecule has 36 heavy (non-hydrogen) atoms. The summed E-state index contributed by atoms with van der Waals surface area (Å²) in [5.41, 5.74) is 11.8. The molecule has 1 aromatic heterocycles. The minimum absolute atomic E-state index is 0.0767. The van der Waals surface area contributed by atoms with Gasteiger partial charge in [0.25, 0.3) is 5.91 Å². The Balaban J connectivity index is 1.26. The molecule has 184 valence electrons. The van der Waals surface area contributed by atoms with Gasteiger partial charge >= 0.3 is 0 Å². The van der Waals surface area contributed by atoms with Crippen molar-refractivity contribution in [2.75, 3.05) is 13.2 Å². The molecule has 3 aromatic rings. The van der Waals surface area contributed by atoms with Crippen molar-refractivity contribution in [3.8, 4) is 18.1 Å². The normalized spacial score (nSPS) is 22.2. The van der Waals surface area contributed by atoms with Crippen LogP contribution in [-0.4, -0.2) is 45.5 Å². The number of aromatic nitrogens is 2. The highest BCUT2D eigenvalue weighted by Gasteiger charge is 2.60. The first-order valence-electron chi connectivity index (χ1n) is 12.3. The van der Waals surface area contributed by atoms with Crippen molar-refractivity contribution in [2.45, 2.75) is 50.7 Å². The molecule has 1 heterocycles. The second-order valence-electron chi connectivity index (χ2n) is 9.48. The molecule has 2 fully saturated rings. The molecule has 2 aliphatic carbocycles. The van der Waals surface area contributed by atoms with E-state index in [4.69, 9.17) is 16.7 Å². The first kappa shape index (κ1) is 23.7. The van der Waals surface area contributed by atoms with Crippen LogP contribution in [0, 0.1) is 18.3 Å². The zero-order valence-electron chi connectivity index (χ0n) is 20.3. The number of fused-ring (bicyclic) bond motifs is 2. The molecule has 5 rings (SSSR count). The predicted octanol–water partition coefficient (Wildman–Crippen LogP) is 5.08. The number of imidazole rings is 1. The van der Waals surface area contributed by atoms with Gasteiger partial charge in [-0.2, -0.15) is 0 Å². The monoisotopic (exact) mass is 483 g/mol. The van der Waals surface area contributed by atoms with Crippen LogP contribution in [0.1, 0.15) is 48.8 Å². The van der Waals surface area contributed by atoms with Gasteiger partial charge in [-0.25, -0.2) is 4.98 Å². The maximum absolute atomic E-state index is 13.5. The van der Waals surface area contributed by atoms with Crippen molar-refractivity contribution in [1.29, 1.82) is 0 Å². The van der Waals surface area contributed by atoms with E-state index in [9.17, 15) is 4.79 Å². The highest BCUT2D eigenvalue weighted by Crippen LogP contribution is 2.55. The molecule has 0 unspecified atom stereocenters. The molecule has 0 bridgehead atoms. The van der Waals surface area contributed by atoms with Crippen molar-refractivity contribution < 1.29 is 9.53 Å². The summed E-state index contributed by atoms with van der Waals surface area (Å²) in [7, 11) is 0. The molecule has 2 aliphatic rings. The summed E-state index contributed by atoms with van der Waals surface area (Å²) in [6.07, 6.45) is 9.52. The van der Waals surface area contributed by atoms with Gasteiger partial charge in [0.05, 0.1) is 11.0 Å². The number of azide groups is 1. The second-order valence-corrected chi connectivity index (χ2v) is 9.48. The molecule has 2 N–H and O–H groups in total. The van der Waals surface area contributed by atoms with Crippen LogP contribution in [0.2, 0.25) is 0 Å². The molecule has 2 aromatic carbocycles. The van der Waals surface area contributed by atoms with Crippen molar-refractivity contribution in [3.63, 3.8) is 0 Å². The third-order valence-corrected chi connectivity index (χ3v) is 7.44. The van der Waals surface area contributed by atoms with Crippen LogP contribution >= 0.6 is 0 Å². The summed E-state index contributed by atoms with van der Waals surface area (Å²) in [4.78, 5) is 26.0. The van der Waals surface area contributed by atoms with E-state index in [1.165, 1.54) is 5.56 Å². The van der Waals surface area contributed by atoms with Crippen LogP contribution in [0.5, 0.6) is 5.75 Å². The van der Waals surface area contributed by atoms with E-state index in [0.29, 0.717) is 29.5 Å². The number of terminal acetylenes is 1. The minimum atomic E-state index is -0.0886. The highest BCUT2D eigenvalue weighted by molar-refractivity contribution is 5.94. The topological polar surface area (TPSA) is 119 Å². The van der Waals surface area contributed by atoms with Gasteiger partial charge in [-0.1, -0.05) is 29.2 Å². The number of rotatable bonds is 9. The van der Waals surface area contributed by atoms with Crippen molar-refractivity contribution in [1.82, 2.24) is 20.2 Å². The van der Waals surface area contributed by atoms with Crippen LogP contribution in [0.3, 0.4) is 0 Å². The van der Waals surface area contributed by atoms with Gasteiger partial charge in [0.15, 0.2) is 5.82 Å². The van der Waals surface area contributed by atoms with Crippen molar-refractivity contribution in [3.05, 3.63) is 64.3 Å². The Hall–Kier alpha value is -3.99. The standard InChI is InChI=1S/C27H29N7O2/c1-3-14-36-20-10-7-18(8-11-20)17-29-27-13-5-6-24(21(27)16-27)34(4-2)26(35)25-30-22-12-9-19(32-33-28)15-23(22)31-25/h1,7-12,15,21,24,29H,4-6,13-14,16-17H2,2H3,(H,30,31)/t21-,24-,27-/m0/s1. The van der Waals surface area contributed by atoms with Crippen molar-refractivity contribution >= 4 is 22.6 Å². The summed E-state index contributed by atoms with van der Waals surface area (Å²) in [5, 5.41) is 7.43. The van der Waals surface area contributed by atoms with Gasteiger partial charge in [0, 0.05) is 35.3 Å². The number of hydrogen-bond donors (Lipinski definition) is 2. The third-order valence-electron chi connectivity index (χ3n) is 7.44. The van der Waals surface area contributed by atoms with E-state index in [2.05, 4.69) is 43.4 Å². The molecule has 2 saturated carbocycles. The number of carbonyl (C=O) groups is 1. The number of benzene rings is 2. The molecule has 9 heteroatoms. The maximum atomic E-state index is 13.5. The van der Waals surface area contributed by atoms with Gasteiger partial charge in [-0.3, -0.25) is 4.79 Å². The fraction of sp³-hybridized carbons (Fsp3) is 0.407. The van der Waals surface area contributed by atoms with E-state index < -0.39 is 0 Å².